The average molecular weight is 542 g/mol. The van der Waals surface area contributed by atoms with Gasteiger partial charge in [-0.15, -0.1) is 0 Å². The third-order valence-corrected chi connectivity index (χ3v) is 6.48. The topological polar surface area (TPSA) is 120 Å². The number of nitrogens with one attached hydrogen (secondary N) is 1. The van der Waals surface area contributed by atoms with Crippen molar-refractivity contribution in [2.75, 3.05) is 5.73 Å². The number of amides is 1. The van der Waals surface area contributed by atoms with Crippen LogP contribution in [0.15, 0.2) is 95.1 Å². The van der Waals surface area contributed by atoms with Gasteiger partial charge in [-0.1, -0.05) is 48.2 Å². The van der Waals surface area contributed by atoms with Gasteiger partial charge >= 0.3 is 0 Å². The monoisotopic (exact) mass is 541 g/mol. The molecule has 202 valence electrons. The zero-order chi connectivity index (χ0) is 28.9. The third-order valence-electron chi connectivity index (χ3n) is 6.48. The minimum atomic E-state index is -0.607. The number of aromatic nitrogens is 4. The average Bonchev–Trinajstić information content (AvgIpc) is 3.31. The summed E-state index contributed by atoms with van der Waals surface area (Å²) >= 11 is 0. The standard InChI is InChI=1S/C32H27N7O2/c1-4-9-27-37-30(33)29(39(27)34-3)31(40)36-21(2)26-20-24-11-8-10-23(15-14-22-16-18-35-19-17-22)28(24)32(41)38(26)25-12-6-5-7-13-25/h4-13,16-21H,3,33H2,1-2H3,(H,36,40)/b9-4-. The summed E-state index contributed by atoms with van der Waals surface area (Å²) in [6, 6.07) is 19.7. The molecular formula is C32H27N7O2. The van der Waals surface area contributed by atoms with Crippen LogP contribution in [0.4, 0.5) is 5.82 Å². The van der Waals surface area contributed by atoms with Gasteiger partial charge in [0.2, 0.25) is 0 Å². The Hall–Kier alpha value is -5.75. The Labute approximate surface area is 236 Å². The second-order valence-electron chi connectivity index (χ2n) is 9.15. The number of nitrogens with zero attached hydrogens (tertiary/aromatic N) is 5. The zero-order valence-electron chi connectivity index (χ0n) is 22.6. The summed E-state index contributed by atoms with van der Waals surface area (Å²) in [6.07, 6.45) is 6.78. The Morgan fingerprint density at radius 2 is 1.85 bits per heavy atom. The molecule has 41 heavy (non-hydrogen) atoms. The fourth-order valence-electron chi connectivity index (χ4n) is 4.62. The van der Waals surface area contributed by atoms with Crippen LogP contribution in [0, 0.1) is 11.8 Å². The minimum absolute atomic E-state index is 0.0200. The highest BCUT2D eigenvalue weighted by Gasteiger charge is 2.24. The number of pyridine rings is 2. The molecule has 0 aliphatic rings. The van der Waals surface area contributed by atoms with Gasteiger partial charge in [-0.3, -0.25) is 19.1 Å². The highest BCUT2D eigenvalue weighted by Crippen LogP contribution is 2.24. The maximum absolute atomic E-state index is 14.2. The molecule has 0 aliphatic heterocycles. The van der Waals surface area contributed by atoms with E-state index in [4.69, 9.17) is 5.73 Å². The predicted octanol–water partition coefficient (Wildman–Crippen LogP) is 4.55. The SMILES string of the molecule is C=Nn1c(/C=C\C)nc(N)c1C(=O)NC(C)c1cc2cccc(C#Cc3ccncc3)c2c(=O)n1-c1ccccc1. The number of imidazole rings is 1. The van der Waals surface area contributed by atoms with Crippen molar-refractivity contribution in [3.8, 4) is 17.5 Å². The fraction of sp³-hybridized carbons (Fsp3) is 0.0938. The molecule has 1 amide bonds. The summed E-state index contributed by atoms with van der Waals surface area (Å²) in [6.45, 7) is 7.17. The number of hydrogen-bond donors (Lipinski definition) is 2. The number of para-hydroxylation sites is 1. The first-order valence-electron chi connectivity index (χ1n) is 12.9. The molecule has 0 fully saturated rings. The predicted molar refractivity (Wildman–Crippen MR) is 162 cm³/mol. The van der Waals surface area contributed by atoms with Crippen molar-refractivity contribution in [3.05, 3.63) is 124 Å². The molecule has 2 aromatic carbocycles. The molecule has 1 atom stereocenters. The van der Waals surface area contributed by atoms with Gasteiger partial charge in [0.25, 0.3) is 11.5 Å². The number of hydrogen-bond acceptors (Lipinski definition) is 6. The quantitative estimate of drug-likeness (QED) is 0.241. The first kappa shape index (κ1) is 26.8. The Kier molecular flexibility index (Phi) is 7.56. The number of anilines is 1. The van der Waals surface area contributed by atoms with Crippen LogP contribution in [0.1, 0.15) is 53.0 Å². The lowest BCUT2D eigenvalue weighted by molar-refractivity contribution is 0.0931. The van der Waals surface area contributed by atoms with Crippen LogP contribution in [0.5, 0.6) is 0 Å². The van der Waals surface area contributed by atoms with E-state index in [2.05, 4.69) is 38.9 Å². The lowest BCUT2D eigenvalue weighted by Crippen LogP contribution is -2.33. The molecule has 3 N–H and O–H groups in total. The summed E-state index contributed by atoms with van der Waals surface area (Å²) < 4.78 is 2.89. The Morgan fingerprint density at radius 3 is 2.56 bits per heavy atom. The Bertz CT molecular complexity index is 1910. The molecule has 1 unspecified atom stereocenters. The van der Waals surface area contributed by atoms with Gasteiger partial charge in [0.15, 0.2) is 17.3 Å². The van der Waals surface area contributed by atoms with Gasteiger partial charge in [0.05, 0.1) is 11.4 Å². The summed E-state index contributed by atoms with van der Waals surface area (Å²) in [4.78, 5) is 35.9. The normalized spacial score (nSPS) is 11.7. The molecule has 9 heteroatoms. The van der Waals surface area contributed by atoms with Crippen LogP contribution in [0.2, 0.25) is 0 Å². The molecule has 5 rings (SSSR count). The van der Waals surface area contributed by atoms with E-state index in [0.29, 0.717) is 33.5 Å². The minimum Gasteiger partial charge on any atom is -0.382 e. The molecule has 3 heterocycles. The summed E-state index contributed by atoms with van der Waals surface area (Å²) in [5.41, 5.74) is 8.51. The second-order valence-corrected chi connectivity index (χ2v) is 9.15. The van der Waals surface area contributed by atoms with Gasteiger partial charge in [0, 0.05) is 41.6 Å². The largest absolute Gasteiger partial charge is 0.382 e. The maximum atomic E-state index is 14.2. The van der Waals surface area contributed by atoms with Gasteiger partial charge < -0.3 is 11.1 Å². The molecule has 3 aromatic heterocycles. The van der Waals surface area contributed by atoms with Crippen LogP contribution < -0.4 is 16.6 Å². The Morgan fingerprint density at radius 1 is 1.10 bits per heavy atom. The van der Waals surface area contributed by atoms with Crippen molar-refractivity contribution in [2.24, 2.45) is 5.10 Å². The smallest absolute Gasteiger partial charge is 0.274 e. The molecule has 0 aliphatic carbocycles. The zero-order valence-corrected chi connectivity index (χ0v) is 22.6. The molecule has 0 spiro atoms. The first-order chi connectivity index (χ1) is 19.9. The highest BCUT2D eigenvalue weighted by molar-refractivity contribution is 5.97. The van der Waals surface area contributed by atoms with Crippen molar-refractivity contribution in [3.63, 3.8) is 0 Å². The number of nitrogens with two attached hydrogens (primary N) is 1. The summed E-state index contributed by atoms with van der Waals surface area (Å²) in [7, 11) is 0. The van der Waals surface area contributed by atoms with E-state index in [-0.39, 0.29) is 17.1 Å². The van der Waals surface area contributed by atoms with Crippen LogP contribution in [0.25, 0.3) is 22.5 Å². The maximum Gasteiger partial charge on any atom is 0.274 e. The van der Waals surface area contributed by atoms with Crippen LogP contribution >= 0.6 is 0 Å². The third kappa shape index (κ3) is 5.27. The number of carbonyl (C=O) groups is 1. The van der Waals surface area contributed by atoms with E-state index in [9.17, 15) is 9.59 Å². The van der Waals surface area contributed by atoms with Crippen molar-refractivity contribution in [2.45, 2.75) is 19.9 Å². The van der Waals surface area contributed by atoms with Gasteiger partial charge in [0.1, 0.15) is 0 Å². The van der Waals surface area contributed by atoms with E-state index in [1.807, 2.05) is 73.7 Å². The van der Waals surface area contributed by atoms with Gasteiger partial charge in [-0.05, 0) is 61.7 Å². The number of nitrogen functional groups attached to an aromatic ring is 1. The molecular weight excluding hydrogens is 514 g/mol. The van der Waals surface area contributed by atoms with E-state index < -0.39 is 11.9 Å². The summed E-state index contributed by atoms with van der Waals surface area (Å²) in [5.74, 6) is 6.16. The first-order valence-corrected chi connectivity index (χ1v) is 12.9. The number of allylic oxidation sites excluding steroid dienone is 1. The molecule has 0 saturated carbocycles. The summed E-state index contributed by atoms with van der Waals surface area (Å²) in [5, 5.41) is 8.06. The molecule has 9 nitrogen and oxygen atoms in total. The molecule has 0 radical (unpaired) electrons. The Balaban J connectivity index is 1.64. The molecule has 0 saturated heterocycles. The van der Waals surface area contributed by atoms with Crippen molar-refractivity contribution in [1.82, 2.24) is 24.5 Å². The second kappa shape index (κ2) is 11.6. The van der Waals surface area contributed by atoms with Crippen LogP contribution in [-0.2, 0) is 0 Å². The van der Waals surface area contributed by atoms with Crippen LogP contribution in [-0.4, -0.2) is 31.8 Å². The number of fused-ring (bicyclic) bond motifs is 1. The van der Waals surface area contributed by atoms with Crippen molar-refractivity contribution >= 4 is 35.3 Å². The van der Waals surface area contributed by atoms with E-state index in [0.717, 1.165) is 5.56 Å². The number of rotatable bonds is 6. The van der Waals surface area contributed by atoms with E-state index in [1.165, 1.54) is 4.68 Å². The fourth-order valence-corrected chi connectivity index (χ4v) is 4.62. The van der Waals surface area contributed by atoms with Gasteiger partial charge in [-0.2, -0.15) is 5.10 Å². The highest BCUT2D eigenvalue weighted by atomic mass is 16.2. The number of benzene rings is 2. The number of carbonyl (C=O) groups excluding carboxylic acids is 1. The van der Waals surface area contributed by atoms with Crippen molar-refractivity contribution < 1.29 is 4.79 Å². The van der Waals surface area contributed by atoms with Crippen LogP contribution in [0.3, 0.4) is 0 Å². The lowest BCUT2D eigenvalue weighted by atomic mass is 10.0. The van der Waals surface area contributed by atoms with E-state index >= 15 is 0 Å². The van der Waals surface area contributed by atoms with E-state index in [1.54, 1.807) is 36.0 Å². The van der Waals surface area contributed by atoms with Crippen molar-refractivity contribution in [1.29, 1.82) is 0 Å². The molecule has 0 bridgehead atoms. The molecule has 5 aromatic rings. The lowest BCUT2D eigenvalue weighted by Gasteiger charge is -2.21. The van der Waals surface area contributed by atoms with Gasteiger partial charge in [-0.25, -0.2) is 9.66 Å².